The Kier molecular flexibility index (Phi) is 3.88. The van der Waals surface area contributed by atoms with Crippen LogP contribution in [0.1, 0.15) is 12.5 Å². The molecule has 0 heterocycles. The molecule has 1 atom stereocenters. The lowest BCUT2D eigenvalue weighted by atomic mass is 10.1. The molecule has 1 aromatic carbocycles. The van der Waals surface area contributed by atoms with Gasteiger partial charge in [-0.25, -0.2) is 8.78 Å². The number of hydrogen-bond donors (Lipinski definition) is 1. The third kappa shape index (κ3) is 2.58. The van der Waals surface area contributed by atoms with E-state index in [4.69, 9.17) is 22.1 Å². The first-order chi connectivity index (χ1) is 6.97. The molecule has 0 fully saturated rings. The number of hydrogen-bond acceptors (Lipinski definition) is 2. The molecule has 0 amide bonds. The van der Waals surface area contributed by atoms with Crippen LogP contribution in [0.3, 0.4) is 0 Å². The topological polar surface area (TPSA) is 35.2 Å². The van der Waals surface area contributed by atoms with E-state index in [2.05, 4.69) is 0 Å². The van der Waals surface area contributed by atoms with Crippen molar-refractivity contribution in [2.24, 2.45) is 5.73 Å². The van der Waals surface area contributed by atoms with Gasteiger partial charge >= 0.3 is 0 Å². The van der Waals surface area contributed by atoms with Crippen molar-refractivity contribution < 1.29 is 13.5 Å². The quantitative estimate of drug-likeness (QED) is 0.817. The van der Waals surface area contributed by atoms with Gasteiger partial charge in [0.25, 0.3) is 0 Å². The average molecular weight is 236 g/mol. The molecule has 1 aromatic rings. The summed E-state index contributed by atoms with van der Waals surface area (Å²) < 4.78 is 31.7. The highest BCUT2D eigenvalue weighted by molar-refractivity contribution is 6.32. The Morgan fingerprint density at radius 2 is 2.13 bits per heavy atom. The molecule has 0 saturated heterocycles. The van der Waals surface area contributed by atoms with E-state index in [9.17, 15) is 8.78 Å². The number of nitrogens with two attached hydrogens (primary N) is 1. The van der Waals surface area contributed by atoms with Gasteiger partial charge in [0.15, 0.2) is 5.82 Å². The summed E-state index contributed by atoms with van der Waals surface area (Å²) >= 11 is 5.65. The second-order valence-electron chi connectivity index (χ2n) is 3.35. The fourth-order valence-corrected chi connectivity index (χ4v) is 1.51. The van der Waals surface area contributed by atoms with E-state index >= 15 is 0 Å². The summed E-state index contributed by atoms with van der Waals surface area (Å²) in [7, 11) is 1.30. The first-order valence-electron chi connectivity index (χ1n) is 4.43. The molecule has 1 unspecified atom stereocenters. The van der Waals surface area contributed by atoms with E-state index in [0.29, 0.717) is 0 Å². The molecule has 84 valence electrons. The van der Waals surface area contributed by atoms with E-state index < -0.39 is 11.6 Å². The molecule has 0 aliphatic heterocycles. The third-order valence-electron chi connectivity index (χ3n) is 1.97. The van der Waals surface area contributed by atoms with Crippen LogP contribution < -0.4 is 10.5 Å². The molecule has 0 saturated carbocycles. The van der Waals surface area contributed by atoms with Crippen LogP contribution in [0.2, 0.25) is 5.02 Å². The Bertz CT molecular complexity index is 369. The predicted molar refractivity (Wildman–Crippen MR) is 55.3 cm³/mol. The SMILES string of the molecule is COc1cc(F)c(CC(C)N)c(F)c1Cl. The van der Waals surface area contributed by atoms with Crippen LogP contribution in [0.15, 0.2) is 6.07 Å². The molecule has 2 N–H and O–H groups in total. The van der Waals surface area contributed by atoms with Gasteiger partial charge in [-0.2, -0.15) is 0 Å². The van der Waals surface area contributed by atoms with Crippen LogP contribution in [0.4, 0.5) is 8.78 Å². The maximum atomic E-state index is 13.6. The minimum absolute atomic E-state index is 0.0138. The standard InChI is InChI=1S/C10H12ClF2NO/c1-5(14)3-6-7(12)4-8(15-2)9(11)10(6)13/h4-5H,3,14H2,1-2H3. The van der Waals surface area contributed by atoms with Crippen molar-refractivity contribution in [3.63, 3.8) is 0 Å². The van der Waals surface area contributed by atoms with Gasteiger partial charge < -0.3 is 10.5 Å². The van der Waals surface area contributed by atoms with Gasteiger partial charge in [0.2, 0.25) is 0 Å². The smallest absolute Gasteiger partial charge is 0.151 e. The second-order valence-corrected chi connectivity index (χ2v) is 3.73. The van der Waals surface area contributed by atoms with Crippen LogP contribution in [-0.4, -0.2) is 13.2 Å². The minimum Gasteiger partial charge on any atom is -0.495 e. The predicted octanol–water partition coefficient (Wildman–Crippen LogP) is 2.52. The van der Waals surface area contributed by atoms with Gasteiger partial charge in [-0.1, -0.05) is 11.6 Å². The summed E-state index contributed by atoms with van der Waals surface area (Å²) in [5.74, 6) is -1.50. The average Bonchev–Trinajstić information content (AvgIpc) is 2.18. The van der Waals surface area contributed by atoms with Crippen molar-refractivity contribution in [2.45, 2.75) is 19.4 Å². The number of benzene rings is 1. The molecule has 1 rings (SSSR count). The number of rotatable bonds is 3. The van der Waals surface area contributed by atoms with Gasteiger partial charge in [0.1, 0.15) is 16.6 Å². The summed E-state index contributed by atoms with van der Waals surface area (Å²) in [5.41, 5.74) is 5.37. The third-order valence-corrected chi connectivity index (χ3v) is 2.32. The fourth-order valence-electron chi connectivity index (χ4n) is 1.27. The van der Waals surface area contributed by atoms with Crippen molar-refractivity contribution in [1.82, 2.24) is 0 Å². The Hall–Kier alpha value is -0.870. The van der Waals surface area contributed by atoms with E-state index in [0.717, 1.165) is 6.07 Å². The zero-order valence-electron chi connectivity index (χ0n) is 8.48. The highest BCUT2D eigenvalue weighted by atomic mass is 35.5. The van der Waals surface area contributed by atoms with Gasteiger partial charge in [0, 0.05) is 17.7 Å². The summed E-state index contributed by atoms with van der Waals surface area (Å²) in [6.07, 6.45) is 0.0986. The van der Waals surface area contributed by atoms with Crippen molar-refractivity contribution in [3.8, 4) is 5.75 Å². The molecular weight excluding hydrogens is 224 g/mol. The van der Waals surface area contributed by atoms with E-state index in [1.165, 1.54) is 7.11 Å². The van der Waals surface area contributed by atoms with Crippen LogP contribution >= 0.6 is 11.6 Å². The molecule has 0 aliphatic rings. The highest BCUT2D eigenvalue weighted by Crippen LogP contribution is 2.31. The minimum atomic E-state index is -0.800. The van der Waals surface area contributed by atoms with Crippen LogP contribution in [-0.2, 0) is 6.42 Å². The summed E-state index contributed by atoms with van der Waals surface area (Å²) in [5, 5.41) is -0.213. The molecule has 0 aromatic heterocycles. The molecule has 5 heteroatoms. The van der Waals surface area contributed by atoms with Crippen molar-refractivity contribution in [1.29, 1.82) is 0 Å². The zero-order chi connectivity index (χ0) is 11.6. The summed E-state index contributed by atoms with van der Waals surface area (Å²) in [6, 6.07) is 0.724. The Morgan fingerprint density at radius 3 is 2.60 bits per heavy atom. The van der Waals surface area contributed by atoms with Crippen LogP contribution in [0.25, 0.3) is 0 Å². The lowest BCUT2D eigenvalue weighted by Gasteiger charge is -2.11. The normalized spacial score (nSPS) is 12.7. The lowest BCUT2D eigenvalue weighted by molar-refractivity contribution is 0.405. The van der Waals surface area contributed by atoms with Crippen LogP contribution in [0.5, 0.6) is 5.75 Å². The van der Waals surface area contributed by atoms with Crippen molar-refractivity contribution >= 4 is 11.6 Å². The molecule has 0 spiro atoms. The van der Waals surface area contributed by atoms with E-state index in [1.807, 2.05) is 0 Å². The van der Waals surface area contributed by atoms with Gasteiger partial charge in [-0.05, 0) is 13.3 Å². The van der Waals surface area contributed by atoms with Gasteiger partial charge in [0.05, 0.1) is 7.11 Å². The Balaban J connectivity index is 3.23. The monoisotopic (exact) mass is 235 g/mol. The summed E-state index contributed by atoms with van der Waals surface area (Å²) in [6.45, 7) is 1.66. The lowest BCUT2D eigenvalue weighted by Crippen LogP contribution is -2.19. The molecule has 0 radical (unpaired) electrons. The zero-order valence-corrected chi connectivity index (χ0v) is 9.24. The summed E-state index contributed by atoms with van der Waals surface area (Å²) in [4.78, 5) is 0. The van der Waals surface area contributed by atoms with Crippen molar-refractivity contribution in [3.05, 3.63) is 28.3 Å². The Morgan fingerprint density at radius 1 is 1.53 bits per heavy atom. The number of halogens is 3. The first kappa shape index (κ1) is 12.2. The first-order valence-corrected chi connectivity index (χ1v) is 4.81. The number of methoxy groups -OCH3 is 1. The van der Waals surface area contributed by atoms with E-state index in [1.54, 1.807) is 6.92 Å². The maximum absolute atomic E-state index is 13.6. The molecule has 2 nitrogen and oxygen atoms in total. The number of ether oxygens (including phenoxy) is 1. The maximum Gasteiger partial charge on any atom is 0.151 e. The second kappa shape index (κ2) is 4.77. The highest BCUT2D eigenvalue weighted by Gasteiger charge is 2.18. The molecule has 0 aliphatic carbocycles. The molecular formula is C10H12ClF2NO. The molecule has 0 bridgehead atoms. The van der Waals surface area contributed by atoms with E-state index in [-0.39, 0.29) is 28.8 Å². The van der Waals surface area contributed by atoms with Crippen LogP contribution in [0, 0.1) is 11.6 Å². The Labute approximate surface area is 92.0 Å². The fraction of sp³-hybridized carbons (Fsp3) is 0.400. The van der Waals surface area contributed by atoms with Crippen molar-refractivity contribution in [2.75, 3.05) is 7.11 Å². The largest absolute Gasteiger partial charge is 0.495 e. The van der Waals surface area contributed by atoms with Gasteiger partial charge in [-0.15, -0.1) is 0 Å². The molecule has 15 heavy (non-hydrogen) atoms. The van der Waals surface area contributed by atoms with Gasteiger partial charge in [-0.3, -0.25) is 0 Å².